The van der Waals surface area contributed by atoms with Gasteiger partial charge >= 0.3 is 0 Å². The highest BCUT2D eigenvalue weighted by Crippen LogP contribution is 2.31. The number of hydrogen-bond acceptors (Lipinski definition) is 5. The maximum absolute atomic E-state index is 13.0. The smallest absolute Gasteiger partial charge is 0.294 e. The van der Waals surface area contributed by atoms with Crippen LogP contribution in [0.25, 0.3) is 5.69 Å². The van der Waals surface area contributed by atoms with Gasteiger partial charge in [-0.15, -0.1) is 0 Å². The lowest BCUT2D eigenvalue weighted by Gasteiger charge is -2.24. The third-order valence-electron chi connectivity index (χ3n) is 5.96. The molecule has 1 aliphatic carbocycles. The molecular weight excluding hydrogens is 420 g/mol. The van der Waals surface area contributed by atoms with Crippen molar-refractivity contribution in [2.75, 3.05) is 0 Å². The molecule has 9 nitrogen and oxygen atoms in total. The fraction of sp³-hybridized carbons (Fsp3) is 0.208. The number of benzene rings is 2. The van der Waals surface area contributed by atoms with Crippen molar-refractivity contribution in [3.05, 3.63) is 106 Å². The molecule has 1 amide bonds. The first-order valence-corrected chi connectivity index (χ1v) is 10.8. The Bertz CT molecular complexity index is 1300. The molecule has 0 bridgehead atoms. The molecule has 0 saturated carbocycles. The lowest BCUT2D eigenvalue weighted by molar-refractivity contribution is -0.384. The van der Waals surface area contributed by atoms with E-state index in [1.807, 2.05) is 29.1 Å². The fourth-order valence-corrected chi connectivity index (χ4v) is 4.33. The Kier molecular flexibility index (Phi) is 5.43. The van der Waals surface area contributed by atoms with Crippen LogP contribution >= 0.6 is 0 Å². The van der Waals surface area contributed by atoms with Gasteiger partial charge < -0.3 is 9.88 Å². The molecule has 0 spiro atoms. The molecule has 4 aromatic rings. The average Bonchev–Trinajstić information content (AvgIpc) is 3.51. The first kappa shape index (κ1) is 20.6. The molecule has 1 aliphatic rings. The largest absolute Gasteiger partial charge is 0.345 e. The van der Waals surface area contributed by atoms with E-state index in [9.17, 15) is 14.9 Å². The number of amides is 1. The highest BCUT2D eigenvalue weighted by molar-refractivity contribution is 5.95. The molecule has 0 radical (unpaired) electrons. The zero-order chi connectivity index (χ0) is 22.8. The van der Waals surface area contributed by atoms with Gasteiger partial charge in [0.2, 0.25) is 0 Å². The number of carbonyl (C=O) groups excluding carboxylic acids is 1. The number of fused-ring (bicyclic) bond motifs is 1. The summed E-state index contributed by atoms with van der Waals surface area (Å²) in [6.45, 7) is 0.679. The van der Waals surface area contributed by atoms with Crippen molar-refractivity contribution in [3.8, 4) is 5.69 Å². The van der Waals surface area contributed by atoms with Crippen molar-refractivity contribution in [1.29, 1.82) is 0 Å². The first-order chi connectivity index (χ1) is 16.1. The van der Waals surface area contributed by atoms with E-state index in [1.165, 1.54) is 18.0 Å². The number of carbonyl (C=O) groups is 1. The van der Waals surface area contributed by atoms with Crippen LogP contribution in [0.15, 0.2) is 73.4 Å². The van der Waals surface area contributed by atoms with Crippen LogP contribution in [0.4, 0.5) is 5.69 Å². The summed E-state index contributed by atoms with van der Waals surface area (Å²) in [7, 11) is 0. The Labute approximate surface area is 189 Å². The third-order valence-corrected chi connectivity index (χ3v) is 5.96. The molecule has 9 heteroatoms. The van der Waals surface area contributed by atoms with Crippen molar-refractivity contribution >= 4 is 11.6 Å². The Morgan fingerprint density at radius 1 is 1.21 bits per heavy atom. The van der Waals surface area contributed by atoms with Gasteiger partial charge in [-0.05, 0) is 37.0 Å². The highest BCUT2D eigenvalue weighted by atomic mass is 16.6. The summed E-state index contributed by atoms with van der Waals surface area (Å²) >= 11 is 0. The monoisotopic (exact) mass is 442 g/mol. The normalized spacial score (nSPS) is 15.1. The van der Waals surface area contributed by atoms with Gasteiger partial charge in [0, 0.05) is 35.3 Å². The second kappa shape index (κ2) is 8.70. The average molecular weight is 442 g/mol. The van der Waals surface area contributed by atoms with E-state index in [4.69, 9.17) is 0 Å². The van der Waals surface area contributed by atoms with Crippen molar-refractivity contribution in [2.24, 2.45) is 0 Å². The van der Waals surface area contributed by atoms with Crippen LogP contribution in [0, 0.1) is 10.1 Å². The Morgan fingerprint density at radius 3 is 2.82 bits per heavy atom. The molecule has 166 valence electrons. The van der Waals surface area contributed by atoms with Gasteiger partial charge in [0.1, 0.15) is 5.69 Å². The molecular formula is C24H22N6O3. The van der Waals surface area contributed by atoms with Crippen LogP contribution in [0.3, 0.4) is 0 Å². The molecule has 1 N–H and O–H groups in total. The zero-order valence-corrected chi connectivity index (χ0v) is 17.8. The first-order valence-electron chi connectivity index (χ1n) is 10.8. The number of nitrogens with zero attached hydrogens (tertiary/aromatic N) is 5. The highest BCUT2D eigenvalue weighted by Gasteiger charge is 2.27. The van der Waals surface area contributed by atoms with E-state index >= 15 is 0 Å². The Hall–Kier alpha value is -4.27. The SMILES string of the molecule is O=C(NC1CCCc2c1cnn2Cc1ccccc1)c1ccc(-n2ccnc2)c([N+](=O)[O-])c1. The molecule has 33 heavy (non-hydrogen) atoms. The van der Waals surface area contributed by atoms with Crippen molar-refractivity contribution in [3.63, 3.8) is 0 Å². The van der Waals surface area contributed by atoms with E-state index in [0.717, 1.165) is 30.5 Å². The maximum atomic E-state index is 13.0. The van der Waals surface area contributed by atoms with Gasteiger partial charge in [0.25, 0.3) is 11.6 Å². The number of nitro groups is 1. The summed E-state index contributed by atoms with van der Waals surface area (Å²) < 4.78 is 3.54. The molecule has 1 unspecified atom stereocenters. The molecule has 0 aliphatic heterocycles. The number of hydrogen-bond donors (Lipinski definition) is 1. The number of aromatic nitrogens is 4. The fourth-order valence-electron chi connectivity index (χ4n) is 4.33. The van der Waals surface area contributed by atoms with Crippen molar-refractivity contribution in [2.45, 2.75) is 31.8 Å². The lowest BCUT2D eigenvalue weighted by Crippen LogP contribution is -2.31. The zero-order valence-electron chi connectivity index (χ0n) is 17.8. The predicted octanol–water partition coefficient (Wildman–Crippen LogP) is 3.83. The Balaban J connectivity index is 1.37. The van der Waals surface area contributed by atoms with E-state index in [-0.39, 0.29) is 23.2 Å². The second-order valence-corrected chi connectivity index (χ2v) is 8.04. The molecule has 2 heterocycles. The van der Waals surface area contributed by atoms with Gasteiger partial charge in [-0.2, -0.15) is 5.10 Å². The van der Waals surface area contributed by atoms with Crippen LogP contribution in [-0.2, 0) is 13.0 Å². The minimum Gasteiger partial charge on any atom is -0.345 e. The topological polar surface area (TPSA) is 108 Å². The van der Waals surface area contributed by atoms with Gasteiger partial charge in [0.05, 0.1) is 30.0 Å². The minimum absolute atomic E-state index is 0.152. The van der Waals surface area contributed by atoms with E-state index in [2.05, 4.69) is 27.5 Å². The molecule has 1 atom stereocenters. The van der Waals surface area contributed by atoms with E-state index in [1.54, 1.807) is 29.1 Å². The van der Waals surface area contributed by atoms with Gasteiger partial charge in [-0.3, -0.25) is 19.6 Å². The van der Waals surface area contributed by atoms with Crippen LogP contribution in [0.2, 0.25) is 0 Å². The minimum atomic E-state index is -0.488. The van der Waals surface area contributed by atoms with Crippen LogP contribution < -0.4 is 5.32 Å². The van der Waals surface area contributed by atoms with Crippen LogP contribution in [0.1, 0.15) is 46.1 Å². The quantitative estimate of drug-likeness (QED) is 0.361. The molecule has 2 aromatic carbocycles. The summed E-state index contributed by atoms with van der Waals surface area (Å²) in [5, 5.41) is 19.3. The standard InChI is InChI=1S/C24H22N6O3/c31-24(18-9-10-22(23(13-18)30(32)33)28-12-11-25-16-28)27-20-7-4-8-21-19(20)14-26-29(21)15-17-5-2-1-3-6-17/h1-3,5-6,9-14,16,20H,4,7-8,15H2,(H,27,31). The third kappa shape index (κ3) is 4.12. The number of rotatable bonds is 6. The van der Waals surface area contributed by atoms with Crippen LogP contribution in [0.5, 0.6) is 0 Å². The molecule has 5 rings (SSSR count). The van der Waals surface area contributed by atoms with Crippen molar-refractivity contribution < 1.29 is 9.72 Å². The maximum Gasteiger partial charge on any atom is 0.294 e. The van der Waals surface area contributed by atoms with Gasteiger partial charge in [-0.25, -0.2) is 4.98 Å². The molecule has 0 saturated heterocycles. The second-order valence-electron chi connectivity index (χ2n) is 8.04. The number of imidazole rings is 1. The number of nitro benzene ring substituents is 1. The summed E-state index contributed by atoms with van der Waals surface area (Å²) in [6.07, 6.45) is 9.11. The van der Waals surface area contributed by atoms with Crippen molar-refractivity contribution in [1.82, 2.24) is 24.6 Å². The Morgan fingerprint density at radius 2 is 2.06 bits per heavy atom. The van der Waals surface area contributed by atoms with Gasteiger partial charge in [0.15, 0.2) is 0 Å². The van der Waals surface area contributed by atoms with Crippen LogP contribution in [-0.4, -0.2) is 30.2 Å². The lowest BCUT2D eigenvalue weighted by atomic mass is 9.92. The van der Waals surface area contributed by atoms with E-state index in [0.29, 0.717) is 12.2 Å². The number of nitrogens with one attached hydrogen (secondary N) is 1. The summed E-state index contributed by atoms with van der Waals surface area (Å²) in [5.41, 5.74) is 3.75. The van der Waals surface area contributed by atoms with Gasteiger partial charge in [-0.1, -0.05) is 30.3 Å². The summed E-state index contributed by atoms with van der Waals surface area (Å²) in [4.78, 5) is 28.1. The molecule has 2 aromatic heterocycles. The molecule has 0 fully saturated rings. The summed E-state index contributed by atoms with van der Waals surface area (Å²) in [5.74, 6) is -0.344. The summed E-state index contributed by atoms with van der Waals surface area (Å²) in [6, 6.07) is 14.4. The predicted molar refractivity (Wildman–Crippen MR) is 121 cm³/mol. The van der Waals surface area contributed by atoms with E-state index < -0.39 is 4.92 Å².